The fraction of sp³-hybridized carbons (Fsp3) is 0.478. The van der Waals surface area contributed by atoms with Gasteiger partial charge in [0.2, 0.25) is 5.91 Å². The molecule has 5 nitrogen and oxygen atoms in total. The van der Waals surface area contributed by atoms with Crippen molar-refractivity contribution < 1.29 is 22.7 Å². The zero-order valence-electron chi connectivity index (χ0n) is 17.4. The lowest BCUT2D eigenvalue weighted by atomic mass is 9.98. The summed E-state index contributed by atoms with van der Waals surface area (Å²) in [5.74, 6) is 0.544. The molecule has 4 rings (SSSR count). The molecule has 0 radical (unpaired) electrons. The summed E-state index contributed by atoms with van der Waals surface area (Å²) < 4.78 is 44.5. The first-order chi connectivity index (χ1) is 14.8. The van der Waals surface area contributed by atoms with E-state index in [-0.39, 0.29) is 18.9 Å². The largest absolute Gasteiger partial charge is 0.417 e. The zero-order valence-corrected chi connectivity index (χ0v) is 17.4. The molecule has 1 saturated heterocycles. The highest BCUT2D eigenvalue weighted by Gasteiger charge is 2.40. The molecular weight excluding hydrogens is 407 g/mol. The summed E-state index contributed by atoms with van der Waals surface area (Å²) in [6.45, 7) is 1.14. The maximum absolute atomic E-state index is 13.0. The van der Waals surface area contributed by atoms with Crippen LogP contribution in [0.2, 0.25) is 0 Å². The van der Waals surface area contributed by atoms with Crippen molar-refractivity contribution in [1.82, 2.24) is 10.3 Å². The van der Waals surface area contributed by atoms with E-state index < -0.39 is 17.3 Å². The summed E-state index contributed by atoms with van der Waals surface area (Å²) in [6, 6.07) is 9.25. The fourth-order valence-electron chi connectivity index (χ4n) is 4.23. The summed E-state index contributed by atoms with van der Waals surface area (Å²) in [4.78, 5) is 18.3. The number of pyridine rings is 1. The first kappa shape index (κ1) is 21.6. The Morgan fingerprint density at radius 1 is 1.26 bits per heavy atom. The minimum Gasteiger partial charge on any atom is -0.382 e. The second kappa shape index (κ2) is 8.49. The van der Waals surface area contributed by atoms with Gasteiger partial charge in [0, 0.05) is 26.4 Å². The zero-order chi connectivity index (χ0) is 22.1. The average Bonchev–Trinajstić information content (AvgIpc) is 3.50. The van der Waals surface area contributed by atoms with E-state index in [1.165, 1.54) is 24.6 Å². The van der Waals surface area contributed by atoms with Gasteiger partial charge in [-0.2, -0.15) is 13.2 Å². The molecule has 1 aromatic heterocycles. The van der Waals surface area contributed by atoms with E-state index in [2.05, 4.69) is 22.4 Å². The first-order valence-corrected chi connectivity index (χ1v) is 10.4. The number of amides is 1. The number of hydrogen-bond acceptors (Lipinski definition) is 4. The normalized spacial score (nSPS) is 21.4. The molecule has 1 amide bonds. The Morgan fingerprint density at radius 2 is 2.00 bits per heavy atom. The van der Waals surface area contributed by atoms with Crippen LogP contribution in [0.3, 0.4) is 0 Å². The van der Waals surface area contributed by atoms with Gasteiger partial charge < -0.3 is 15.0 Å². The molecule has 1 aliphatic heterocycles. The van der Waals surface area contributed by atoms with Crippen molar-refractivity contribution >= 4 is 11.6 Å². The Kier molecular flexibility index (Phi) is 5.92. The lowest BCUT2D eigenvalue weighted by Crippen LogP contribution is -2.54. The van der Waals surface area contributed by atoms with Crippen molar-refractivity contribution in [1.29, 1.82) is 0 Å². The second-order valence-corrected chi connectivity index (χ2v) is 8.56. The molecule has 0 spiro atoms. The van der Waals surface area contributed by atoms with Crippen LogP contribution in [0.25, 0.3) is 0 Å². The van der Waals surface area contributed by atoms with Crippen molar-refractivity contribution in [3.05, 3.63) is 59.4 Å². The number of carbonyl (C=O) groups excluding carboxylic acids is 1. The van der Waals surface area contributed by atoms with Gasteiger partial charge in [-0.15, -0.1) is 0 Å². The molecule has 8 heteroatoms. The van der Waals surface area contributed by atoms with Gasteiger partial charge in [-0.3, -0.25) is 9.78 Å². The van der Waals surface area contributed by atoms with Crippen LogP contribution >= 0.6 is 0 Å². The monoisotopic (exact) mass is 433 g/mol. The van der Waals surface area contributed by atoms with E-state index in [0.717, 1.165) is 17.8 Å². The van der Waals surface area contributed by atoms with E-state index in [1.54, 1.807) is 7.11 Å². The highest BCUT2D eigenvalue weighted by molar-refractivity contribution is 5.79. The second-order valence-electron chi connectivity index (χ2n) is 8.56. The maximum Gasteiger partial charge on any atom is 0.417 e. The van der Waals surface area contributed by atoms with Crippen LogP contribution in [-0.2, 0) is 22.1 Å². The number of nitrogens with one attached hydrogen (secondary N) is 1. The Hall–Kier alpha value is -2.61. The predicted molar refractivity (Wildman–Crippen MR) is 111 cm³/mol. The van der Waals surface area contributed by atoms with Gasteiger partial charge in [0.05, 0.1) is 36.0 Å². The topological polar surface area (TPSA) is 54.5 Å². The smallest absolute Gasteiger partial charge is 0.382 e. The quantitative estimate of drug-likeness (QED) is 0.719. The summed E-state index contributed by atoms with van der Waals surface area (Å²) >= 11 is 0. The number of anilines is 1. The van der Waals surface area contributed by atoms with Gasteiger partial charge in [0.1, 0.15) is 0 Å². The Labute approximate surface area is 179 Å². The number of rotatable bonds is 7. The molecule has 1 N–H and O–H groups in total. The van der Waals surface area contributed by atoms with Gasteiger partial charge >= 0.3 is 6.18 Å². The van der Waals surface area contributed by atoms with Crippen LogP contribution in [0.5, 0.6) is 0 Å². The van der Waals surface area contributed by atoms with Crippen LogP contribution in [0, 0.1) is 0 Å². The molecule has 0 bridgehead atoms. The van der Waals surface area contributed by atoms with E-state index >= 15 is 0 Å². The van der Waals surface area contributed by atoms with Gasteiger partial charge in [0.25, 0.3) is 0 Å². The van der Waals surface area contributed by atoms with Gasteiger partial charge in [-0.05, 0) is 42.4 Å². The molecule has 1 aromatic carbocycles. The number of methoxy groups -OCH3 is 1. The Balaban J connectivity index is 1.42. The summed E-state index contributed by atoms with van der Waals surface area (Å²) in [5.41, 5.74) is 1.20. The number of nitrogens with zero attached hydrogens (tertiary/aromatic N) is 2. The number of carbonyl (C=O) groups is 1. The van der Waals surface area contributed by atoms with Crippen LogP contribution in [0.15, 0.2) is 42.7 Å². The van der Waals surface area contributed by atoms with Crippen LogP contribution < -0.4 is 10.2 Å². The van der Waals surface area contributed by atoms with E-state index in [9.17, 15) is 18.0 Å². The lowest BCUT2D eigenvalue weighted by Gasteiger charge is -2.30. The van der Waals surface area contributed by atoms with Crippen molar-refractivity contribution in [3.8, 4) is 0 Å². The fourth-order valence-corrected chi connectivity index (χ4v) is 4.23. The molecule has 166 valence electrons. The number of halogens is 3. The molecule has 2 heterocycles. The van der Waals surface area contributed by atoms with Crippen LogP contribution in [0.1, 0.15) is 41.9 Å². The van der Waals surface area contributed by atoms with Gasteiger partial charge in [-0.25, -0.2) is 0 Å². The van der Waals surface area contributed by atoms with Gasteiger partial charge in [-0.1, -0.05) is 24.3 Å². The molecule has 2 aliphatic rings. The average molecular weight is 433 g/mol. The van der Waals surface area contributed by atoms with E-state index in [1.807, 2.05) is 17.0 Å². The highest BCUT2D eigenvalue weighted by Crippen LogP contribution is 2.40. The third kappa shape index (κ3) is 5.18. The minimum absolute atomic E-state index is 0.125. The molecule has 2 fully saturated rings. The number of hydrogen-bond donors (Lipinski definition) is 1. The van der Waals surface area contributed by atoms with Crippen molar-refractivity contribution in [2.75, 3.05) is 31.7 Å². The van der Waals surface area contributed by atoms with Crippen LogP contribution in [-0.4, -0.2) is 43.2 Å². The summed E-state index contributed by atoms with van der Waals surface area (Å²) in [7, 11) is 1.55. The molecule has 31 heavy (non-hydrogen) atoms. The van der Waals surface area contributed by atoms with E-state index in [0.29, 0.717) is 31.1 Å². The van der Waals surface area contributed by atoms with Crippen molar-refractivity contribution in [2.24, 2.45) is 0 Å². The number of alkyl halides is 3. The van der Waals surface area contributed by atoms with Crippen molar-refractivity contribution in [2.45, 2.75) is 43.3 Å². The molecular formula is C23H26F3N3O2. The van der Waals surface area contributed by atoms with Crippen LogP contribution in [0.4, 0.5) is 18.9 Å². The predicted octanol–water partition coefficient (Wildman–Crippen LogP) is 3.93. The van der Waals surface area contributed by atoms with Crippen molar-refractivity contribution in [3.63, 3.8) is 0 Å². The Bertz CT molecular complexity index is 928. The molecule has 1 saturated carbocycles. The van der Waals surface area contributed by atoms with E-state index in [4.69, 9.17) is 4.74 Å². The lowest BCUT2D eigenvalue weighted by molar-refractivity contribution is -0.137. The Morgan fingerprint density at radius 3 is 2.65 bits per heavy atom. The molecule has 0 unspecified atom stereocenters. The molecule has 1 atom stereocenters. The molecule has 1 aliphatic carbocycles. The third-order valence-corrected chi connectivity index (χ3v) is 5.99. The highest BCUT2D eigenvalue weighted by atomic mass is 19.4. The summed E-state index contributed by atoms with van der Waals surface area (Å²) in [5, 5.41) is 3.09. The summed E-state index contributed by atoms with van der Waals surface area (Å²) in [6.07, 6.45) is 1.08. The number of ether oxygens (including phenoxy) is 1. The standard InChI is InChI=1S/C23H26F3N3O2/c1-31-15-22(28-21(30)10-16-2-4-17(5-3-16)18-6-7-18)8-9-29(14-22)20-11-19(12-27-13-20)23(24,25)26/h2-5,11-13,18H,6-10,14-15H2,1H3,(H,28,30)/t22-/m0/s1. The molecule has 2 aromatic rings. The SMILES string of the molecule is COC[C@]1(NC(=O)Cc2ccc(C3CC3)cc2)CCN(c2cncc(C(F)(F)F)c2)C1. The minimum atomic E-state index is -4.45. The van der Waals surface area contributed by atoms with Gasteiger partial charge in [0.15, 0.2) is 0 Å². The number of aromatic nitrogens is 1. The third-order valence-electron chi connectivity index (χ3n) is 5.99. The first-order valence-electron chi connectivity index (χ1n) is 10.4. The number of benzene rings is 1. The maximum atomic E-state index is 13.0.